The number of nitrogens with zero attached hydrogens (tertiary/aromatic N) is 2. The standard InChI is InChI=1S/2C12H16N4O.H2O4S/c2*1-17-9-2-3-11-10(6-9)8(7-16-11)4-5-15-12(13)14;1-5(2,3)4/h2*2-3,6-7,16H,4-5H2,1H3,(H4,13,14,15);(H2,1,2,3,4). The van der Waals surface area contributed by atoms with E-state index >= 15 is 0 Å². The molecule has 0 unspecified atom stereocenters. The highest BCUT2D eigenvalue weighted by Crippen LogP contribution is 2.25. The van der Waals surface area contributed by atoms with Gasteiger partial charge in [0.1, 0.15) is 11.5 Å². The summed E-state index contributed by atoms with van der Waals surface area (Å²) in [6, 6.07) is 11.9. The number of benzene rings is 2. The summed E-state index contributed by atoms with van der Waals surface area (Å²) in [4.78, 5) is 14.4. The van der Waals surface area contributed by atoms with Crippen LogP contribution in [0.15, 0.2) is 58.8 Å². The second-order valence-electron chi connectivity index (χ2n) is 8.01. The van der Waals surface area contributed by atoms with Gasteiger partial charge in [0, 0.05) is 47.3 Å². The average Bonchev–Trinajstić information content (AvgIpc) is 3.46. The van der Waals surface area contributed by atoms with E-state index in [0.29, 0.717) is 13.1 Å². The molecule has 0 bridgehead atoms. The Morgan fingerprint density at radius 2 is 1.13 bits per heavy atom. The molecule has 0 saturated heterocycles. The minimum Gasteiger partial charge on any atom is -0.497 e. The molecule has 2 aromatic carbocycles. The lowest BCUT2D eigenvalue weighted by molar-refractivity contribution is 0.381. The molecule has 0 amide bonds. The number of nitrogens with one attached hydrogen (secondary N) is 2. The molecule has 4 rings (SSSR count). The van der Waals surface area contributed by atoms with Crippen molar-refractivity contribution in [3.05, 3.63) is 59.9 Å². The lowest BCUT2D eigenvalue weighted by atomic mass is 10.1. The van der Waals surface area contributed by atoms with Gasteiger partial charge in [0.05, 0.1) is 14.2 Å². The van der Waals surface area contributed by atoms with Crippen LogP contribution >= 0.6 is 0 Å². The molecule has 15 heteroatoms. The molecule has 0 fully saturated rings. The van der Waals surface area contributed by atoms with Gasteiger partial charge in [-0.2, -0.15) is 8.42 Å². The van der Waals surface area contributed by atoms with Crippen molar-refractivity contribution >= 4 is 44.1 Å². The third-order valence-electron chi connectivity index (χ3n) is 5.30. The van der Waals surface area contributed by atoms with Gasteiger partial charge < -0.3 is 42.4 Å². The molecule has 0 radical (unpaired) electrons. The quantitative estimate of drug-likeness (QED) is 0.0868. The molecule has 212 valence electrons. The second kappa shape index (κ2) is 14.5. The zero-order chi connectivity index (χ0) is 29.0. The summed E-state index contributed by atoms with van der Waals surface area (Å²) >= 11 is 0. The first-order valence-corrected chi connectivity index (χ1v) is 12.9. The number of aliphatic imine (C=N–C) groups is 2. The molecule has 39 heavy (non-hydrogen) atoms. The first-order chi connectivity index (χ1) is 18.4. The van der Waals surface area contributed by atoms with Crippen LogP contribution in [0.2, 0.25) is 0 Å². The molecular weight excluding hydrogens is 528 g/mol. The topological polar surface area (TPSA) is 253 Å². The lowest BCUT2D eigenvalue weighted by Gasteiger charge is -2.01. The van der Waals surface area contributed by atoms with E-state index in [1.54, 1.807) is 14.2 Å². The fourth-order valence-corrected chi connectivity index (χ4v) is 3.59. The van der Waals surface area contributed by atoms with Gasteiger partial charge in [0.25, 0.3) is 0 Å². The highest BCUT2D eigenvalue weighted by Gasteiger charge is 2.05. The maximum atomic E-state index is 8.74. The van der Waals surface area contributed by atoms with E-state index in [4.69, 9.17) is 49.9 Å². The first-order valence-electron chi connectivity index (χ1n) is 11.5. The number of H-pyrrole nitrogens is 2. The molecule has 0 atom stereocenters. The fraction of sp³-hybridized carbons (Fsp3) is 0.250. The van der Waals surface area contributed by atoms with Gasteiger partial charge in [0.2, 0.25) is 0 Å². The van der Waals surface area contributed by atoms with Crippen molar-refractivity contribution in [1.29, 1.82) is 0 Å². The summed E-state index contributed by atoms with van der Waals surface area (Å²) < 4.78 is 42.0. The van der Waals surface area contributed by atoms with Gasteiger partial charge in [-0.15, -0.1) is 0 Å². The molecule has 0 saturated carbocycles. The lowest BCUT2D eigenvalue weighted by Crippen LogP contribution is -2.23. The highest BCUT2D eigenvalue weighted by atomic mass is 32.3. The molecule has 4 aromatic rings. The zero-order valence-corrected chi connectivity index (χ0v) is 22.4. The van der Waals surface area contributed by atoms with Gasteiger partial charge in [-0.3, -0.25) is 19.1 Å². The maximum Gasteiger partial charge on any atom is 0.394 e. The largest absolute Gasteiger partial charge is 0.497 e. The number of rotatable bonds is 8. The van der Waals surface area contributed by atoms with E-state index in [2.05, 4.69) is 20.0 Å². The normalized spacial score (nSPS) is 10.6. The van der Waals surface area contributed by atoms with Crippen LogP contribution in [0, 0.1) is 0 Å². The maximum absolute atomic E-state index is 8.74. The average molecular weight is 563 g/mol. The molecule has 0 aliphatic carbocycles. The Labute approximate surface area is 225 Å². The number of hydrogen-bond acceptors (Lipinski definition) is 6. The van der Waals surface area contributed by atoms with Crippen molar-refractivity contribution in [3.8, 4) is 11.5 Å². The Balaban J connectivity index is 0.000000234. The van der Waals surface area contributed by atoms with E-state index in [1.807, 2.05) is 48.8 Å². The van der Waals surface area contributed by atoms with Crippen LogP contribution < -0.4 is 32.4 Å². The zero-order valence-electron chi connectivity index (χ0n) is 21.6. The summed E-state index contributed by atoms with van der Waals surface area (Å²) in [6.45, 7) is 1.18. The number of hydrogen-bond donors (Lipinski definition) is 8. The van der Waals surface area contributed by atoms with Crippen molar-refractivity contribution in [2.24, 2.45) is 32.9 Å². The number of aromatic nitrogens is 2. The van der Waals surface area contributed by atoms with E-state index in [0.717, 1.165) is 46.1 Å². The van der Waals surface area contributed by atoms with Gasteiger partial charge >= 0.3 is 10.4 Å². The van der Waals surface area contributed by atoms with E-state index in [9.17, 15) is 0 Å². The third kappa shape index (κ3) is 10.8. The summed E-state index contributed by atoms with van der Waals surface area (Å²) in [5.41, 5.74) is 25.7. The smallest absolute Gasteiger partial charge is 0.394 e. The van der Waals surface area contributed by atoms with Crippen molar-refractivity contribution in [1.82, 2.24) is 9.97 Å². The van der Waals surface area contributed by atoms with E-state index in [1.165, 1.54) is 11.1 Å². The summed E-state index contributed by atoms with van der Waals surface area (Å²) in [5, 5.41) is 2.30. The van der Waals surface area contributed by atoms with E-state index in [-0.39, 0.29) is 11.9 Å². The monoisotopic (exact) mass is 562 g/mol. The second-order valence-corrected chi connectivity index (χ2v) is 8.91. The van der Waals surface area contributed by atoms with E-state index < -0.39 is 10.4 Å². The van der Waals surface area contributed by atoms with Crippen LogP contribution in [0.25, 0.3) is 21.8 Å². The first kappa shape index (κ1) is 30.8. The van der Waals surface area contributed by atoms with Crippen molar-refractivity contribution in [2.75, 3.05) is 27.3 Å². The minimum absolute atomic E-state index is 0.127. The molecule has 2 aromatic heterocycles. The highest BCUT2D eigenvalue weighted by molar-refractivity contribution is 7.79. The molecule has 12 N–H and O–H groups in total. The van der Waals surface area contributed by atoms with Gasteiger partial charge in [0.15, 0.2) is 11.9 Å². The van der Waals surface area contributed by atoms with Crippen LogP contribution in [-0.2, 0) is 23.2 Å². The number of aromatic amines is 2. The van der Waals surface area contributed by atoms with Crippen LogP contribution in [0.3, 0.4) is 0 Å². The Bertz CT molecular complexity index is 1410. The molecule has 2 heterocycles. The van der Waals surface area contributed by atoms with Crippen molar-refractivity contribution < 1.29 is 27.0 Å². The Morgan fingerprint density at radius 1 is 0.769 bits per heavy atom. The van der Waals surface area contributed by atoms with Crippen LogP contribution in [0.4, 0.5) is 0 Å². The summed E-state index contributed by atoms with van der Waals surface area (Å²) in [7, 11) is -1.35. The Morgan fingerprint density at radius 3 is 1.44 bits per heavy atom. The number of fused-ring (bicyclic) bond motifs is 2. The predicted octanol–water partition coefficient (Wildman–Crippen LogP) is 1.33. The van der Waals surface area contributed by atoms with Crippen molar-refractivity contribution in [2.45, 2.75) is 12.8 Å². The van der Waals surface area contributed by atoms with Gasteiger partial charge in [-0.1, -0.05) is 0 Å². The molecule has 0 spiro atoms. The number of nitrogens with two attached hydrogens (primary N) is 4. The molecule has 0 aliphatic heterocycles. The molecule has 14 nitrogen and oxygen atoms in total. The minimum atomic E-state index is -4.67. The van der Waals surface area contributed by atoms with Crippen LogP contribution in [0.1, 0.15) is 11.1 Å². The Hall–Kier alpha value is -4.47. The van der Waals surface area contributed by atoms with Crippen molar-refractivity contribution in [3.63, 3.8) is 0 Å². The van der Waals surface area contributed by atoms with Gasteiger partial charge in [-0.05, 0) is 60.4 Å². The summed E-state index contributed by atoms with van der Waals surface area (Å²) in [5.74, 6) is 1.95. The number of ether oxygens (including phenoxy) is 2. The third-order valence-corrected chi connectivity index (χ3v) is 5.30. The Kier molecular flexibility index (Phi) is 11.4. The molecular formula is C24H34N8O6S. The number of methoxy groups -OCH3 is 2. The summed E-state index contributed by atoms with van der Waals surface area (Å²) in [6.07, 6.45) is 5.55. The van der Waals surface area contributed by atoms with Crippen LogP contribution in [-0.4, -0.2) is 66.7 Å². The predicted molar refractivity (Wildman–Crippen MR) is 153 cm³/mol. The fourth-order valence-electron chi connectivity index (χ4n) is 3.59. The number of guanidine groups is 2. The van der Waals surface area contributed by atoms with Gasteiger partial charge in [-0.25, -0.2) is 0 Å². The SMILES string of the molecule is COc1ccc2[nH]cc(CCN=C(N)N)c2c1.COc1ccc2[nH]cc(CCN=C(N)N)c2c1.O=S(=O)(O)O. The van der Waals surface area contributed by atoms with Crippen LogP contribution in [0.5, 0.6) is 11.5 Å². The molecule has 0 aliphatic rings.